The molecule has 23 heavy (non-hydrogen) atoms. The van der Waals surface area contributed by atoms with E-state index in [1.807, 2.05) is 30.3 Å². The Labute approximate surface area is 143 Å². The summed E-state index contributed by atoms with van der Waals surface area (Å²) in [5.74, 6) is 0.605. The van der Waals surface area contributed by atoms with Crippen molar-refractivity contribution in [3.63, 3.8) is 0 Å². The molecule has 0 saturated carbocycles. The van der Waals surface area contributed by atoms with Crippen molar-refractivity contribution in [2.24, 2.45) is 5.92 Å². The molecule has 2 aliphatic rings. The van der Waals surface area contributed by atoms with Crippen LogP contribution in [0.4, 0.5) is 5.69 Å². The molecule has 2 atom stereocenters. The molecule has 5 nitrogen and oxygen atoms in total. The van der Waals surface area contributed by atoms with Gasteiger partial charge in [0.25, 0.3) is 0 Å². The standard InChI is InChI=1S/C17H23N3O2.ClH/c21-16(7-6-13-8-10-18-12-13)19-15-9-11-20(17(15)22)14-4-2-1-3-5-14;/h1-5,13,15,18H,6-12H2,(H,19,21);1H. The van der Waals surface area contributed by atoms with Gasteiger partial charge in [-0.15, -0.1) is 12.4 Å². The molecule has 2 saturated heterocycles. The van der Waals surface area contributed by atoms with Crippen molar-refractivity contribution >= 4 is 29.9 Å². The first-order chi connectivity index (χ1) is 10.7. The topological polar surface area (TPSA) is 61.4 Å². The Bertz CT molecular complexity index is 532. The molecule has 2 aliphatic heterocycles. The van der Waals surface area contributed by atoms with Gasteiger partial charge in [0.05, 0.1) is 0 Å². The average molecular weight is 338 g/mol. The number of halogens is 1. The fourth-order valence-electron chi connectivity index (χ4n) is 3.24. The van der Waals surface area contributed by atoms with Crippen LogP contribution in [0.15, 0.2) is 30.3 Å². The maximum atomic E-state index is 12.4. The van der Waals surface area contributed by atoms with Crippen molar-refractivity contribution < 1.29 is 9.59 Å². The number of amides is 2. The van der Waals surface area contributed by atoms with Gasteiger partial charge in [0, 0.05) is 18.7 Å². The number of para-hydroxylation sites is 1. The minimum Gasteiger partial charge on any atom is -0.344 e. The van der Waals surface area contributed by atoms with Crippen LogP contribution >= 0.6 is 12.4 Å². The molecule has 2 unspecified atom stereocenters. The first-order valence-corrected chi connectivity index (χ1v) is 8.10. The molecule has 126 valence electrons. The molecular weight excluding hydrogens is 314 g/mol. The number of nitrogens with zero attached hydrogens (tertiary/aromatic N) is 1. The minimum absolute atomic E-state index is 0. The van der Waals surface area contributed by atoms with E-state index in [2.05, 4.69) is 10.6 Å². The van der Waals surface area contributed by atoms with Gasteiger partial charge in [-0.2, -0.15) is 0 Å². The third kappa shape index (κ3) is 4.45. The predicted octanol–water partition coefficient (Wildman–Crippen LogP) is 1.72. The van der Waals surface area contributed by atoms with E-state index in [0.717, 1.165) is 31.6 Å². The highest BCUT2D eigenvalue weighted by Gasteiger charge is 2.33. The normalized spacial score (nSPS) is 23.7. The lowest BCUT2D eigenvalue weighted by atomic mass is 10.0. The van der Waals surface area contributed by atoms with Crippen LogP contribution < -0.4 is 15.5 Å². The van der Waals surface area contributed by atoms with Gasteiger partial charge in [-0.3, -0.25) is 9.59 Å². The number of carbonyl (C=O) groups is 2. The third-order valence-electron chi connectivity index (χ3n) is 4.55. The lowest BCUT2D eigenvalue weighted by Crippen LogP contribution is -2.41. The van der Waals surface area contributed by atoms with Gasteiger partial charge in [-0.1, -0.05) is 18.2 Å². The minimum atomic E-state index is -0.366. The van der Waals surface area contributed by atoms with Crippen molar-refractivity contribution in [2.45, 2.75) is 31.7 Å². The van der Waals surface area contributed by atoms with E-state index >= 15 is 0 Å². The molecule has 6 heteroatoms. The van der Waals surface area contributed by atoms with E-state index in [0.29, 0.717) is 25.3 Å². The molecule has 1 aromatic rings. The highest BCUT2D eigenvalue weighted by atomic mass is 35.5. The molecule has 2 N–H and O–H groups in total. The first-order valence-electron chi connectivity index (χ1n) is 8.10. The van der Waals surface area contributed by atoms with Gasteiger partial charge in [0.1, 0.15) is 6.04 Å². The number of hydrogen-bond donors (Lipinski definition) is 2. The second-order valence-corrected chi connectivity index (χ2v) is 6.13. The van der Waals surface area contributed by atoms with Crippen molar-refractivity contribution in [1.29, 1.82) is 0 Å². The second-order valence-electron chi connectivity index (χ2n) is 6.13. The Hall–Kier alpha value is -1.59. The van der Waals surface area contributed by atoms with Gasteiger partial charge in [-0.25, -0.2) is 0 Å². The van der Waals surface area contributed by atoms with Crippen LogP contribution in [0.1, 0.15) is 25.7 Å². The molecule has 2 amide bonds. The average Bonchev–Trinajstić information content (AvgIpc) is 3.17. The smallest absolute Gasteiger partial charge is 0.249 e. The highest BCUT2D eigenvalue weighted by molar-refractivity contribution is 6.01. The zero-order valence-electron chi connectivity index (χ0n) is 13.2. The van der Waals surface area contributed by atoms with Gasteiger partial charge < -0.3 is 15.5 Å². The molecular formula is C17H24ClN3O2. The van der Waals surface area contributed by atoms with Crippen LogP contribution in [-0.4, -0.2) is 37.5 Å². The summed E-state index contributed by atoms with van der Waals surface area (Å²) in [5.41, 5.74) is 0.904. The Balaban J connectivity index is 0.00000192. The molecule has 3 rings (SSSR count). The quantitative estimate of drug-likeness (QED) is 0.860. The lowest BCUT2D eigenvalue weighted by Gasteiger charge is -2.17. The number of benzene rings is 1. The van der Waals surface area contributed by atoms with Gasteiger partial charge >= 0.3 is 0 Å². The van der Waals surface area contributed by atoms with Gasteiger partial charge in [0.2, 0.25) is 11.8 Å². The number of rotatable bonds is 5. The summed E-state index contributed by atoms with van der Waals surface area (Å²) >= 11 is 0. The summed E-state index contributed by atoms with van der Waals surface area (Å²) in [5, 5.41) is 6.21. The summed E-state index contributed by atoms with van der Waals surface area (Å²) in [6.07, 6.45) is 3.26. The monoisotopic (exact) mass is 337 g/mol. The first kappa shape index (κ1) is 17.8. The summed E-state index contributed by atoms with van der Waals surface area (Å²) in [6.45, 7) is 2.73. The largest absolute Gasteiger partial charge is 0.344 e. The summed E-state index contributed by atoms with van der Waals surface area (Å²) < 4.78 is 0. The van der Waals surface area contributed by atoms with Crippen LogP contribution in [0.25, 0.3) is 0 Å². The Morgan fingerprint density at radius 1 is 1.26 bits per heavy atom. The fraction of sp³-hybridized carbons (Fsp3) is 0.529. The van der Waals surface area contributed by atoms with Crippen LogP contribution in [0.2, 0.25) is 0 Å². The van der Waals surface area contributed by atoms with E-state index < -0.39 is 0 Å². The van der Waals surface area contributed by atoms with E-state index in [9.17, 15) is 9.59 Å². The van der Waals surface area contributed by atoms with Crippen molar-refractivity contribution in [2.75, 3.05) is 24.5 Å². The summed E-state index contributed by atoms with van der Waals surface area (Å²) in [7, 11) is 0. The Morgan fingerprint density at radius 3 is 2.74 bits per heavy atom. The SMILES string of the molecule is Cl.O=C(CCC1CCNC1)NC1CCN(c2ccccc2)C1=O. The molecule has 2 fully saturated rings. The van der Waals surface area contributed by atoms with Crippen LogP contribution in [0.3, 0.4) is 0 Å². The van der Waals surface area contributed by atoms with Crippen molar-refractivity contribution in [3.05, 3.63) is 30.3 Å². The van der Waals surface area contributed by atoms with Crippen LogP contribution in [0, 0.1) is 5.92 Å². The molecule has 0 radical (unpaired) electrons. The Kier molecular flexibility index (Phi) is 6.42. The van der Waals surface area contributed by atoms with Gasteiger partial charge in [-0.05, 0) is 50.4 Å². The highest BCUT2D eigenvalue weighted by Crippen LogP contribution is 2.21. The molecule has 2 heterocycles. The molecule has 0 aliphatic carbocycles. The molecule has 0 bridgehead atoms. The van der Waals surface area contributed by atoms with E-state index in [-0.39, 0.29) is 30.3 Å². The predicted molar refractivity (Wildman–Crippen MR) is 92.8 cm³/mol. The van der Waals surface area contributed by atoms with Crippen molar-refractivity contribution in [1.82, 2.24) is 10.6 Å². The summed E-state index contributed by atoms with van der Waals surface area (Å²) in [6, 6.07) is 9.26. The fourth-order valence-corrected chi connectivity index (χ4v) is 3.24. The zero-order valence-corrected chi connectivity index (χ0v) is 14.0. The Morgan fingerprint density at radius 2 is 2.04 bits per heavy atom. The third-order valence-corrected chi connectivity index (χ3v) is 4.55. The second kappa shape index (κ2) is 8.31. The number of nitrogens with one attached hydrogen (secondary N) is 2. The van der Waals surface area contributed by atoms with Crippen LogP contribution in [-0.2, 0) is 9.59 Å². The molecule has 0 aromatic heterocycles. The zero-order chi connectivity index (χ0) is 15.4. The lowest BCUT2D eigenvalue weighted by molar-refractivity contribution is -0.126. The number of anilines is 1. The van der Waals surface area contributed by atoms with E-state index in [4.69, 9.17) is 0 Å². The van der Waals surface area contributed by atoms with Crippen molar-refractivity contribution in [3.8, 4) is 0 Å². The maximum absolute atomic E-state index is 12.4. The van der Waals surface area contributed by atoms with E-state index in [1.165, 1.54) is 0 Å². The van der Waals surface area contributed by atoms with Gasteiger partial charge in [0.15, 0.2) is 0 Å². The van der Waals surface area contributed by atoms with E-state index in [1.54, 1.807) is 4.90 Å². The summed E-state index contributed by atoms with van der Waals surface area (Å²) in [4.78, 5) is 26.2. The molecule has 0 spiro atoms. The number of carbonyl (C=O) groups excluding carboxylic acids is 2. The molecule has 1 aromatic carbocycles. The van der Waals surface area contributed by atoms with Crippen LogP contribution in [0.5, 0.6) is 0 Å². The number of hydrogen-bond acceptors (Lipinski definition) is 3. The maximum Gasteiger partial charge on any atom is 0.249 e.